The summed E-state index contributed by atoms with van der Waals surface area (Å²) in [6, 6.07) is 8.81. The van der Waals surface area contributed by atoms with Crippen LogP contribution in [0.1, 0.15) is 5.56 Å². The fraction of sp³-hybridized carbons (Fsp3) is 0.0625. The van der Waals surface area contributed by atoms with E-state index in [0.29, 0.717) is 0 Å². The van der Waals surface area contributed by atoms with Crippen LogP contribution in [-0.2, 0) is 4.79 Å². The third kappa shape index (κ3) is 4.84. The van der Waals surface area contributed by atoms with Gasteiger partial charge >= 0.3 is 6.61 Å². The zero-order valence-corrected chi connectivity index (χ0v) is 11.6. The second-order valence-corrected chi connectivity index (χ2v) is 4.37. The first kappa shape index (κ1) is 16.5. The largest absolute Gasteiger partial charge is 0.434 e. The Balaban J connectivity index is 2.07. The van der Waals surface area contributed by atoms with Gasteiger partial charge in [-0.25, -0.2) is 8.78 Å². The fourth-order valence-corrected chi connectivity index (χ4v) is 1.74. The van der Waals surface area contributed by atoms with E-state index < -0.39 is 24.2 Å². The quantitative estimate of drug-likeness (QED) is 0.660. The van der Waals surface area contributed by atoms with E-state index in [0.717, 1.165) is 18.2 Å². The summed E-state index contributed by atoms with van der Waals surface area (Å²) in [5, 5.41) is 2.32. The smallest absolute Gasteiger partial charge is 0.387 e. The number of ether oxygens (including phenoxy) is 1. The van der Waals surface area contributed by atoms with Gasteiger partial charge in [0.1, 0.15) is 5.75 Å². The number of carbonyl (C=O) groups is 1. The molecule has 0 fully saturated rings. The van der Waals surface area contributed by atoms with E-state index in [9.17, 15) is 22.4 Å². The molecular formula is C16H11F4NO2. The lowest BCUT2D eigenvalue weighted by molar-refractivity contribution is -0.111. The summed E-state index contributed by atoms with van der Waals surface area (Å²) in [5.74, 6) is -2.85. The second-order valence-electron chi connectivity index (χ2n) is 4.37. The molecule has 0 aliphatic heterocycles. The fourth-order valence-electron chi connectivity index (χ4n) is 1.74. The van der Waals surface area contributed by atoms with Crippen molar-refractivity contribution < 1.29 is 27.1 Å². The van der Waals surface area contributed by atoms with Crippen LogP contribution < -0.4 is 10.1 Å². The number of para-hydroxylation sites is 1. The molecule has 0 bridgehead atoms. The SMILES string of the molecule is O=C(/C=C/c1ccccc1OC(F)F)Nc1ccc(F)c(F)c1. The highest BCUT2D eigenvalue weighted by Crippen LogP contribution is 2.21. The van der Waals surface area contributed by atoms with Crippen LogP contribution in [-0.4, -0.2) is 12.5 Å². The van der Waals surface area contributed by atoms with Crippen molar-refractivity contribution in [1.82, 2.24) is 0 Å². The maximum atomic E-state index is 13.0. The monoisotopic (exact) mass is 325 g/mol. The van der Waals surface area contributed by atoms with Crippen LogP contribution in [0.15, 0.2) is 48.5 Å². The average Bonchev–Trinajstić information content (AvgIpc) is 2.49. The minimum atomic E-state index is -2.99. The third-order valence-electron chi connectivity index (χ3n) is 2.74. The number of rotatable bonds is 5. The Morgan fingerprint density at radius 1 is 1.09 bits per heavy atom. The molecule has 1 amide bonds. The van der Waals surface area contributed by atoms with Gasteiger partial charge in [0.2, 0.25) is 5.91 Å². The lowest BCUT2D eigenvalue weighted by Gasteiger charge is -2.07. The molecule has 2 rings (SSSR count). The maximum Gasteiger partial charge on any atom is 0.387 e. The first-order chi connectivity index (χ1) is 11.0. The Hall–Kier alpha value is -2.83. The van der Waals surface area contributed by atoms with Gasteiger partial charge in [-0.1, -0.05) is 18.2 Å². The van der Waals surface area contributed by atoms with Gasteiger partial charge in [0.25, 0.3) is 0 Å². The van der Waals surface area contributed by atoms with Crippen molar-refractivity contribution in [3.8, 4) is 5.75 Å². The predicted octanol–water partition coefficient (Wildman–Crippen LogP) is 4.22. The molecule has 23 heavy (non-hydrogen) atoms. The van der Waals surface area contributed by atoms with Crippen LogP contribution >= 0.6 is 0 Å². The van der Waals surface area contributed by atoms with Crippen LogP contribution in [0.3, 0.4) is 0 Å². The molecule has 0 unspecified atom stereocenters. The lowest BCUT2D eigenvalue weighted by atomic mass is 10.2. The van der Waals surface area contributed by atoms with E-state index in [1.165, 1.54) is 30.3 Å². The zero-order valence-electron chi connectivity index (χ0n) is 11.6. The first-order valence-electron chi connectivity index (χ1n) is 6.43. The molecule has 7 heteroatoms. The van der Waals surface area contributed by atoms with Crippen LogP contribution in [0.4, 0.5) is 23.2 Å². The van der Waals surface area contributed by atoms with Crippen molar-refractivity contribution in [3.05, 3.63) is 65.7 Å². The highest BCUT2D eigenvalue weighted by atomic mass is 19.3. The van der Waals surface area contributed by atoms with Gasteiger partial charge in [-0.3, -0.25) is 4.79 Å². The summed E-state index contributed by atoms with van der Waals surface area (Å²) in [4.78, 5) is 11.7. The minimum Gasteiger partial charge on any atom is -0.434 e. The zero-order chi connectivity index (χ0) is 16.8. The number of hydrogen-bond acceptors (Lipinski definition) is 2. The topological polar surface area (TPSA) is 38.3 Å². The molecule has 2 aromatic carbocycles. The third-order valence-corrected chi connectivity index (χ3v) is 2.74. The van der Waals surface area contributed by atoms with E-state index in [1.807, 2.05) is 0 Å². The van der Waals surface area contributed by atoms with Crippen LogP contribution in [0, 0.1) is 11.6 Å². The summed E-state index contributed by atoms with van der Waals surface area (Å²) in [6.07, 6.45) is 2.34. The van der Waals surface area contributed by atoms with Gasteiger partial charge in [-0.2, -0.15) is 8.78 Å². The Morgan fingerprint density at radius 3 is 2.52 bits per heavy atom. The molecule has 120 valence electrons. The summed E-state index contributed by atoms with van der Waals surface area (Å²) in [5.41, 5.74) is 0.337. The molecule has 0 radical (unpaired) electrons. The van der Waals surface area contributed by atoms with Gasteiger partial charge in [-0.05, 0) is 24.3 Å². The van der Waals surface area contributed by atoms with Crippen molar-refractivity contribution >= 4 is 17.7 Å². The van der Waals surface area contributed by atoms with Crippen molar-refractivity contribution in [2.75, 3.05) is 5.32 Å². The Morgan fingerprint density at radius 2 is 1.83 bits per heavy atom. The van der Waals surface area contributed by atoms with Gasteiger partial charge in [0.05, 0.1) is 0 Å². The van der Waals surface area contributed by atoms with E-state index in [1.54, 1.807) is 6.07 Å². The Kier molecular flexibility index (Phi) is 5.35. The van der Waals surface area contributed by atoms with E-state index in [-0.39, 0.29) is 17.0 Å². The van der Waals surface area contributed by atoms with Crippen LogP contribution in [0.5, 0.6) is 5.75 Å². The summed E-state index contributed by atoms with van der Waals surface area (Å²) >= 11 is 0. The molecule has 0 spiro atoms. The first-order valence-corrected chi connectivity index (χ1v) is 6.43. The minimum absolute atomic E-state index is 0.0654. The van der Waals surface area contributed by atoms with Crippen LogP contribution in [0.2, 0.25) is 0 Å². The normalized spacial score (nSPS) is 11.0. The van der Waals surface area contributed by atoms with Gasteiger partial charge in [0.15, 0.2) is 11.6 Å². The Bertz CT molecular complexity index is 732. The molecule has 0 aliphatic rings. The van der Waals surface area contributed by atoms with Crippen molar-refractivity contribution in [2.45, 2.75) is 6.61 Å². The molecule has 1 N–H and O–H groups in total. The van der Waals surface area contributed by atoms with E-state index in [4.69, 9.17) is 0 Å². The Labute approximate surface area is 129 Å². The summed E-state index contributed by atoms with van der Waals surface area (Å²) in [7, 11) is 0. The average molecular weight is 325 g/mol. The number of anilines is 1. The second kappa shape index (κ2) is 7.44. The lowest BCUT2D eigenvalue weighted by Crippen LogP contribution is -2.08. The molecule has 3 nitrogen and oxygen atoms in total. The number of alkyl halides is 2. The number of halogens is 4. The molecule has 0 aromatic heterocycles. The number of carbonyl (C=O) groups excluding carboxylic acids is 1. The highest BCUT2D eigenvalue weighted by molar-refractivity contribution is 6.02. The van der Waals surface area contributed by atoms with Crippen molar-refractivity contribution in [3.63, 3.8) is 0 Å². The number of hydrogen-bond donors (Lipinski definition) is 1. The molecule has 0 aliphatic carbocycles. The molecule has 2 aromatic rings. The van der Waals surface area contributed by atoms with Crippen LogP contribution in [0.25, 0.3) is 6.08 Å². The summed E-state index contributed by atoms with van der Waals surface area (Å²) in [6.45, 7) is -2.99. The predicted molar refractivity (Wildman–Crippen MR) is 77.1 cm³/mol. The number of benzene rings is 2. The number of nitrogens with one attached hydrogen (secondary N) is 1. The van der Waals surface area contributed by atoms with Gasteiger partial charge < -0.3 is 10.1 Å². The molecular weight excluding hydrogens is 314 g/mol. The summed E-state index contributed by atoms with van der Waals surface area (Å²) < 4.78 is 54.6. The standard InChI is InChI=1S/C16H11F4NO2/c17-12-7-6-11(9-13(12)18)21-15(22)8-5-10-3-1-2-4-14(10)23-16(19)20/h1-9,16H,(H,21,22)/b8-5+. The molecule has 0 atom stereocenters. The maximum absolute atomic E-state index is 13.0. The molecule has 0 saturated heterocycles. The molecule has 0 saturated carbocycles. The highest BCUT2D eigenvalue weighted by Gasteiger charge is 2.08. The number of amides is 1. The van der Waals surface area contributed by atoms with E-state index >= 15 is 0 Å². The van der Waals surface area contributed by atoms with Gasteiger partial charge in [0, 0.05) is 23.4 Å². The van der Waals surface area contributed by atoms with Gasteiger partial charge in [-0.15, -0.1) is 0 Å². The molecule has 0 heterocycles. The van der Waals surface area contributed by atoms with E-state index in [2.05, 4.69) is 10.1 Å². The van der Waals surface area contributed by atoms with Crippen molar-refractivity contribution in [1.29, 1.82) is 0 Å². The van der Waals surface area contributed by atoms with Crippen molar-refractivity contribution in [2.24, 2.45) is 0 Å².